The van der Waals surface area contributed by atoms with Crippen LogP contribution in [0.1, 0.15) is 17.3 Å². The summed E-state index contributed by atoms with van der Waals surface area (Å²) in [5.74, 6) is -0.211. The molecule has 1 aromatic carbocycles. The third-order valence-electron chi connectivity index (χ3n) is 4.06. The number of thioether (sulfide) groups is 1. The molecule has 5 nitrogen and oxygen atoms in total. The van der Waals surface area contributed by atoms with Gasteiger partial charge in [-0.15, -0.1) is 23.1 Å². The van der Waals surface area contributed by atoms with E-state index in [0.717, 1.165) is 10.6 Å². The molecule has 3 rings (SSSR count). The predicted octanol–water partition coefficient (Wildman–Crippen LogP) is 2.97. The molecule has 25 heavy (non-hydrogen) atoms. The van der Waals surface area contributed by atoms with E-state index in [2.05, 4.69) is 21.6 Å². The molecule has 0 aliphatic carbocycles. The van der Waals surface area contributed by atoms with E-state index in [9.17, 15) is 9.59 Å². The number of nitrogens with zero attached hydrogens (tertiary/aromatic N) is 1. The van der Waals surface area contributed by atoms with Gasteiger partial charge < -0.3 is 15.5 Å². The molecule has 0 fully saturated rings. The minimum absolute atomic E-state index is 0.101. The van der Waals surface area contributed by atoms with Gasteiger partial charge in [-0.1, -0.05) is 18.2 Å². The van der Waals surface area contributed by atoms with Gasteiger partial charge in [-0.05, 0) is 37.7 Å². The summed E-state index contributed by atoms with van der Waals surface area (Å²) in [6.07, 6.45) is 0.176. The number of fused-ring (bicyclic) bond motifs is 1. The van der Waals surface area contributed by atoms with E-state index >= 15 is 0 Å². The maximum absolute atomic E-state index is 12.3. The number of nitrogens with one attached hydrogen (secondary N) is 2. The Bertz CT molecular complexity index is 747. The Balaban J connectivity index is 1.57. The number of thiophene rings is 1. The molecule has 2 amide bonds. The van der Waals surface area contributed by atoms with Gasteiger partial charge in [-0.2, -0.15) is 0 Å². The Labute approximate surface area is 155 Å². The second kappa shape index (κ2) is 8.03. The van der Waals surface area contributed by atoms with Crippen molar-refractivity contribution in [3.63, 3.8) is 0 Å². The molecule has 2 aromatic rings. The second-order valence-corrected chi connectivity index (χ2v) is 8.32. The fourth-order valence-corrected chi connectivity index (χ4v) is 4.73. The van der Waals surface area contributed by atoms with Crippen molar-refractivity contribution in [1.82, 2.24) is 10.2 Å². The molecule has 0 radical (unpaired) electrons. The minimum atomic E-state index is -0.394. The topological polar surface area (TPSA) is 61.4 Å². The zero-order valence-corrected chi connectivity index (χ0v) is 15.8. The summed E-state index contributed by atoms with van der Waals surface area (Å²) in [6.45, 7) is 0.530. The van der Waals surface area contributed by atoms with Gasteiger partial charge in [0.1, 0.15) is 0 Å². The molecule has 2 unspecified atom stereocenters. The van der Waals surface area contributed by atoms with Crippen molar-refractivity contribution in [3.8, 4) is 0 Å². The smallest absolute Gasteiger partial charge is 0.238 e. The average Bonchev–Trinajstić information content (AvgIpc) is 3.09. The number of para-hydroxylation sites is 1. The molecular formula is C18H21N3O2S2. The third-order valence-corrected chi connectivity index (χ3v) is 6.31. The lowest BCUT2D eigenvalue weighted by atomic mass is 10.2. The Hall–Kier alpha value is -1.83. The highest BCUT2D eigenvalue weighted by Crippen LogP contribution is 2.36. The molecule has 0 saturated heterocycles. The molecular weight excluding hydrogens is 354 g/mol. The lowest BCUT2D eigenvalue weighted by molar-refractivity contribution is -0.124. The van der Waals surface area contributed by atoms with E-state index in [4.69, 9.17) is 0 Å². The van der Waals surface area contributed by atoms with Gasteiger partial charge in [0.05, 0.1) is 17.0 Å². The lowest BCUT2D eigenvalue weighted by Crippen LogP contribution is -2.38. The van der Waals surface area contributed by atoms with Gasteiger partial charge in [0.25, 0.3) is 0 Å². The number of likely N-dealkylation sites (N-methyl/N-ethyl adjacent to an activating group) is 1. The fraction of sp³-hybridized carbons (Fsp3) is 0.333. The van der Waals surface area contributed by atoms with E-state index < -0.39 is 5.25 Å². The highest BCUT2D eigenvalue weighted by molar-refractivity contribution is 8.01. The van der Waals surface area contributed by atoms with Crippen molar-refractivity contribution in [2.24, 2.45) is 0 Å². The summed E-state index contributed by atoms with van der Waals surface area (Å²) < 4.78 is 0. The normalized spacial score (nSPS) is 17.7. The van der Waals surface area contributed by atoms with Crippen LogP contribution >= 0.6 is 23.1 Å². The molecule has 2 heterocycles. The zero-order valence-electron chi connectivity index (χ0n) is 14.2. The maximum Gasteiger partial charge on any atom is 0.238 e. The summed E-state index contributed by atoms with van der Waals surface area (Å²) in [5.41, 5.74) is 0.819. The van der Waals surface area contributed by atoms with Crippen LogP contribution in [0.4, 0.5) is 5.69 Å². The minimum Gasteiger partial charge on any atom is -0.354 e. The van der Waals surface area contributed by atoms with E-state index in [0.29, 0.717) is 6.54 Å². The maximum atomic E-state index is 12.3. The number of hydrogen-bond acceptors (Lipinski definition) is 5. The Morgan fingerprint density at radius 3 is 2.80 bits per heavy atom. The highest BCUT2D eigenvalue weighted by Gasteiger charge is 2.29. The van der Waals surface area contributed by atoms with E-state index in [1.807, 2.05) is 49.8 Å². The third kappa shape index (κ3) is 4.42. The number of anilines is 1. The Morgan fingerprint density at radius 1 is 1.28 bits per heavy atom. The van der Waals surface area contributed by atoms with Crippen LogP contribution < -0.4 is 10.6 Å². The number of carbonyl (C=O) groups excluding carboxylic acids is 2. The highest BCUT2D eigenvalue weighted by atomic mass is 32.2. The largest absolute Gasteiger partial charge is 0.354 e. The van der Waals surface area contributed by atoms with Crippen molar-refractivity contribution in [2.45, 2.75) is 22.6 Å². The average molecular weight is 376 g/mol. The summed E-state index contributed by atoms with van der Waals surface area (Å²) in [5, 5.41) is 7.49. The van der Waals surface area contributed by atoms with Crippen LogP contribution in [-0.2, 0) is 9.59 Å². The standard InChI is InChI=1S/C18H21N3O2S2/c1-21(2)13(15-8-5-9-24-15)11-19-17(22)10-16-18(23)20-12-6-3-4-7-14(12)25-16/h3-9,13,16H,10-11H2,1-2H3,(H,19,22)(H,20,23). The molecule has 7 heteroatoms. The Morgan fingerprint density at radius 2 is 2.08 bits per heavy atom. The summed E-state index contributed by atoms with van der Waals surface area (Å²) in [6, 6.07) is 11.9. The van der Waals surface area contributed by atoms with Crippen molar-refractivity contribution in [3.05, 3.63) is 46.7 Å². The first-order valence-corrected chi connectivity index (χ1v) is 9.83. The number of hydrogen-bond donors (Lipinski definition) is 2. The van der Waals surface area contributed by atoms with Crippen molar-refractivity contribution < 1.29 is 9.59 Å². The molecule has 0 saturated carbocycles. The first-order valence-electron chi connectivity index (χ1n) is 8.07. The number of benzene rings is 1. The van der Waals surface area contributed by atoms with Gasteiger partial charge in [0.15, 0.2) is 0 Å². The SMILES string of the molecule is CN(C)C(CNC(=O)CC1Sc2ccccc2NC1=O)c1cccs1. The van der Waals surface area contributed by atoms with Gasteiger partial charge in [-0.3, -0.25) is 9.59 Å². The molecule has 2 atom stereocenters. The summed E-state index contributed by atoms with van der Waals surface area (Å²) >= 11 is 3.13. The zero-order chi connectivity index (χ0) is 17.8. The van der Waals surface area contributed by atoms with Gasteiger partial charge in [0.2, 0.25) is 11.8 Å². The molecule has 1 aromatic heterocycles. The Kier molecular flexibility index (Phi) is 5.78. The fourth-order valence-electron chi connectivity index (χ4n) is 2.70. The van der Waals surface area contributed by atoms with Crippen LogP contribution in [0.25, 0.3) is 0 Å². The first-order chi connectivity index (χ1) is 12.0. The molecule has 1 aliphatic heterocycles. The first kappa shape index (κ1) is 18.0. The van der Waals surface area contributed by atoms with Crippen molar-refractivity contribution in [2.75, 3.05) is 26.0 Å². The van der Waals surface area contributed by atoms with Crippen LogP contribution in [0, 0.1) is 0 Å². The van der Waals surface area contributed by atoms with Crippen LogP contribution in [-0.4, -0.2) is 42.6 Å². The molecule has 1 aliphatic rings. The lowest BCUT2D eigenvalue weighted by Gasteiger charge is -2.25. The van der Waals surface area contributed by atoms with Crippen molar-refractivity contribution >= 4 is 40.6 Å². The predicted molar refractivity (Wildman–Crippen MR) is 103 cm³/mol. The van der Waals surface area contributed by atoms with E-state index in [-0.39, 0.29) is 24.3 Å². The van der Waals surface area contributed by atoms with Crippen molar-refractivity contribution in [1.29, 1.82) is 0 Å². The van der Waals surface area contributed by atoms with Crippen LogP contribution in [0.2, 0.25) is 0 Å². The summed E-state index contributed by atoms with van der Waals surface area (Å²) in [7, 11) is 4.00. The molecule has 132 valence electrons. The van der Waals surface area contributed by atoms with Gasteiger partial charge in [-0.25, -0.2) is 0 Å². The number of rotatable bonds is 6. The van der Waals surface area contributed by atoms with Crippen LogP contribution in [0.5, 0.6) is 0 Å². The van der Waals surface area contributed by atoms with Gasteiger partial charge in [0, 0.05) is 22.7 Å². The quantitative estimate of drug-likeness (QED) is 0.815. The molecule has 0 spiro atoms. The van der Waals surface area contributed by atoms with E-state index in [1.165, 1.54) is 16.6 Å². The van der Waals surface area contributed by atoms with Gasteiger partial charge >= 0.3 is 0 Å². The monoisotopic (exact) mass is 375 g/mol. The van der Waals surface area contributed by atoms with Crippen LogP contribution in [0.15, 0.2) is 46.7 Å². The number of carbonyl (C=O) groups is 2. The van der Waals surface area contributed by atoms with Crippen LogP contribution in [0.3, 0.4) is 0 Å². The molecule has 0 bridgehead atoms. The molecule has 2 N–H and O–H groups in total. The number of amides is 2. The summed E-state index contributed by atoms with van der Waals surface area (Å²) in [4.78, 5) is 28.9. The van der Waals surface area contributed by atoms with E-state index in [1.54, 1.807) is 11.3 Å². The second-order valence-electron chi connectivity index (χ2n) is 6.09.